The van der Waals surface area contributed by atoms with Gasteiger partial charge in [0.05, 0.1) is 7.11 Å². The van der Waals surface area contributed by atoms with Gasteiger partial charge >= 0.3 is 0 Å². The van der Waals surface area contributed by atoms with Crippen molar-refractivity contribution in [1.82, 2.24) is 0 Å². The van der Waals surface area contributed by atoms with Crippen molar-refractivity contribution in [3.63, 3.8) is 0 Å². The molecule has 0 amide bonds. The van der Waals surface area contributed by atoms with Crippen molar-refractivity contribution in [3.05, 3.63) is 63.3 Å². The zero-order valence-corrected chi connectivity index (χ0v) is 13.4. The molecule has 0 fully saturated rings. The third-order valence-corrected chi connectivity index (χ3v) is 4.05. The van der Waals surface area contributed by atoms with Crippen LogP contribution in [0.4, 0.5) is 0 Å². The number of benzene rings is 2. The molecule has 0 N–H and O–H groups in total. The van der Waals surface area contributed by atoms with Crippen molar-refractivity contribution < 1.29 is 13.9 Å². The van der Waals surface area contributed by atoms with Gasteiger partial charge in [-0.05, 0) is 42.5 Å². The zero-order chi connectivity index (χ0) is 15.0. The summed E-state index contributed by atoms with van der Waals surface area (Å²) in [6.45, 7) is 0. The van der Waals surface area contributed by atoms with E-state index < -0.39 is 0 Å². The van der Waals surface area contributed by atoms with E-state index in [9.17, 15) is 4.79 Å². The molecule has 2 aromatic carbocycles. The Kier molecular flexibility index (Phi) is 3.74. The second-order valence-electron chi connectivity index (χ2n) is 4.47. The Morgan fingerprint density at radius 1 is 1.19 bits per heavy atom. The Labute approximate surface area is 134 Å². The highest BCUT2D eigenvalue weighted by atomic mass is 79.9. The summed E-state index contributed by atoms with van der Waals surface area (Å²) in [5, 5.41) is 1.40. The quantitative estimate of drug-likeness (QED) is 0.607. The molecule has 5 heteroatoms. The number of hydrogen-bond acceptors (Lipinski definition) is 3. The van der Waals surface area contributed by atoms with Crippen LogP contribution in [0.2, 0.25) is 5.02 Å². The van der Waals surface area contributed by atoms with E-state index in [1.807, 2.05) is 0 Å². The number of carbonyl (C=O) groups excluding carboxylic acids is 1. The molecule has 0 radical (unpaired) electrons. The van der Waals surface area contributed by atoms with Crippen LogP contribution in [0.25, 0.3) is 11.0 Å². The van der Waals surface area contributed by atoms with Gasteiger partial charge in [-0.1, -0.05) is 27.5 Å². The molecule has 1 aromatic heterocycles. The fraction of sp³-hybridized carbons (Fsp3) is 0.0625. The number of halogens is 2. The molecule has 0 saturated heterocycles. The third-order valence-electron chi connectivity index (χ3n) is 3.12. The van der Waals surface area contributed by atoms with E-state index in [0.717, 1.165) is 5.39 Å². The second-order valence-corrected chi connectivity index (χ2v) is 5.76. The van der Waals surface area contributed by atoms with E-state index in [-0.39, 0.29) is 11.5 Å². The molecule has 3 rings (SSSR count). The first-order valence-corrected chi connectivity index (χ1v) is 7.33. The smallest absolute Gasteiger partial charge is 0.229 e. The van der Waals surface area contributed by atoms with E-state index in [1.54, 1.807) is 49.6 Å². The summed E-state index contributed by atoms with van der Waals surface area (Å²) in [6, 6.07) is 12.1. The van der Waals surface area contributed by atoms with Crippen molar-refractivity contribution in [2.24, 2.45) is 0 Å². The van der Waals surface area contributed by atoms with Gasteiger partial charge in [-0.25, -0.2) is 0 Å². The van der Waals surface area contributed by atoms with Crippen molar-refractivity contribution >= 4 is 44.3 Å². The molecule has 0 aliphatic heterocycles. The minimum Gasteiger partial charge on any atom is -0.497 e. The minimum absolute atomic E-state index is 0.215. The van der Waals surface area contributed by atoms with Crippen LogP contribution < -0.4 is 4.74 Å². The average Bonchev–Trinajstić information content (AvgIpc) is 2.90. The summed E-state index contributed by atoms with van der Waals surface area (Å²) in [5.74, 6) is 0.662. The van der Waals surface area contributed by atoms with Crippen molar-refractivity contribution in [3.8, 4) is 5.75 Å². The van der Waals surface area contributed by atoms with Gasteiger partial charge < -0.3 is 9.15 Å². The van der Waals surface area contributed by atoms with Crippen LogP contribution in [0.5, 0.6) is 5.75 Å². The molecule has 3 nitrogen and oxygen atoms in total. The molecule has 0 bridgehead atoms. The van der Waals surface area contributed by atoms with Crippen LogP contribution in [-0.4, -0.2) is 12.9 Å². The average molecular weight is 366 g/mol. The van der Waals surface area contributed by atoms with E-state index in [1.165, 1.54) is 0 Å². The van der Waals surface area contributed by atoms with Gasteiger partial charge in [-0.3, -0.25) is 4.79 Å². The minimum atomic E-state index is -0.215. The van der Waals surface area contributed by atoms with Gasteiger partial charge in [0.1, 0.15) is 11.3 Å². The predicted molar refractivity (Wildman–Crippen MR) is 85.4 cm³/mol. The lowest BCUT2D eigenvalue weighted by molar-refractivity contribution is 0.101. The van der Waals surface area contributed by atoms with E-state index in [0.29, 0.717) is 26.4 Å². The second kappa shape index (κ2) is 5.54. The van der Waals surface area contributed by atoms with E-state index >= 15 is 0 Å². The molecule has 3 aromatic rings. The lowest BCUT2D eigenvalue weighted by Gasteiger charge is -2.04. The first-order chi connectivity index (χ1) is 10.1. The SMILES string of the molecule is COc1ccc(Br)c(C(=O)c2cc3cc(Cl)ccc3o2)c1. The topological polar surface area (TPSA) is 39.4 Å². The summed E-state index contributed by atoms with van der Waals surface area (Å²) in [5.41, 5.74) is 1.11. The normalized spacial score (nSPS) is 10.8. The molecule has 0 aliphatic carbocycles. The van der Waals surface area contributed by atoms with Crippen LogP contribution >= 0.6 is 27.5 Å². The number of furan rings is 1. The largest absolute Gasteiger partial charge is 0.497 e. The Morgan fingerprint density at radius 2 is 2.00 bits per heavy atom. The van der Waals surface area contributed by atoms with Gasteiger partial charge in [0.2, 0.25) is 5.78 Å². The standard InChI is InChI=1S/C16H10BrClO3/c1-20-11-3-4-13(17)12(8-11)16(19)15-7-9-6-10(18)2-5-14(9)21-15/h2-8H,1H3. The summed E-state index contributed by atoms with van der Waals surface area (Å²) < 4.78 is 11.4. The van der Waals surface area contributed by atoms with E-state index in [2.05, 4.69) is 15.9 Å². The molecule has 0 spiro atoms. The van der Waals surface area contributed by atoms with Crippen molar-refractivity contribution in [2.75, 3.05) is 7.11 Å². The van der Waals surface area contributed by atoms with E-state index in [4.69, 9.17) is 20.8 Å². The Bertz CT molecular complexity index is 839. The number of rotatable bonds is 3. The molecule has 0 aliphatic rings. The number of ether oxygens (including phenoxy) is 1. The summed E-state index contributed by atoms with van der Waals surface area (Å²) >= 11 is 9.31. The maximum atomic E-state index is 12.6. The molecular formula is C16H10BrClO3. The predicted octanol–water partition coefficient (Wildman–Crippen LogP) is 5.09. The molecule has 0 saturated carbocycles. The molecule has 1 heterocycles. The number of ketones is 1. The summed E-state index contributed by atoms with van der Waals surface area (Å²) in [7, 11) is 1.56. The fourth-order valence-corrected chi connectivity index (χ4v) is 2.67. The monoisotopic (exact) mass is 364 g/mol. The van der Waals surface area contributed by atoms with Gasteiger partial charge in [0, 0.05) is 20.4 Å². The zero-order valence-electron chi connectivity index (χ0n) is 11.0. The maximum Gasteiger partial charge on any atom is 0.229 e. The van der Waals surface area contributed by atoms with Gasteiger partial charge in [-0.2, -0.15) is 0 Å². The lowest BCUT2D eigenvalue weighted by atomic mass is 10.1. The number of methoxy groups -OCH3 is 1. The van der Waals surface area contributed by atoms with Crippen LogP contribution in [0.15, 0.2) is 51.4 Å². The van der Waals surface area contributed by atoms with Crippen LogP contribution in [0.3, 0.4) is 0 Å². The molecular weight excluding hydrogens is 356 g/mol. The fourth-order valence-electron chi connectivity index (χ4n) is 2.06. The highest BCUT2D eigenvalue weighted by molar-refractivity contribution is 9.10. The van der Waals surface area contributed by atoms with Crippen molar-refractivity contribution in [2.45, 2.75) is 0 Å². The molecule has 106 valence electrons. The summed E-state index contributed by atoms with van der Waals surface area (Å²) in [6.07, 6.45) is 0. The summed E-state index contributed by atoms with van der Waals surface area (Å²) in [4.78, 5) is 12.6. The Balaban J connectivity index is 2.07. The first-order valence-electron chi connectivity index (χ1n) is 6.16. The van der Waals surface area contributed by atoms with Crippen LogP contribution in [-0.2, 0) is 0 Å². The first kappa shape index (κ1) is 14.2. The Morgan fingerprint density at radius 3 is 2.76 bits per heavy atom. The number of hydrogen-bond donors (Lipinski definition) is 0. The highest BCUT2D eigenvalue weighted by Crippen LogP contribution is 2.28. The molecule has 0 atom stereocenters. The molecule has 21 heavy (non-hydrogen) atoms. The highest BCUT2D eigenvalue weighted by Gasteiger charge is 2.18. The maximum absolute atomic E-state index is 12.6. The van der Waals surface area contributed by atoms with Gasteiger partial charge in [0.25, 0.3) is 0 Å². The number of fused-ring (bicyclic) bond motifs is 1. The van der Waals surface area contributed by atoms with Crippen molar-refractivity contribution in [1.29, 1.82) is 0 Å². The third kappa shape index (κ3) is 2.69. The molecule has 0 unspecified atom stereocenters. The Hall–Kier alpha value is -1.78. The van der Waals surface area contributed by atoms with Crippen LogP contribution in [0.1, 0.15) is 16.1 Å². The number of carbonyl (C=O) groups is 1. The van der Waals surface area contributed by atoms with Gasteiger partial charge in [-0.15, -0.1) is 0 Å². The lowest BCUT2D eigenvalue weighted by Crippen LogP contribution is -2.01. The van der Waals surface area contributed by atoms with Gasteiger partial charge in [0.15, 0.2) is 5.76 Å². The van der Waals surface area contributed by atoms with Crippen LogP contribution in [0, 0.1) is 0 Å².